The smallest absolute Gasteiger partial charge is 0.344 e. The highest BCUT2D eigenvalue weighted by atomic mass is 35.5. The molecule has 2 N–H and O–H groups in total. The fourth-order valence-electron chi connectivity index (χ4n) is 2.79. The first-order valence-corrected chi connectivity index (χ1v) is 10.1. The SMILES string of the molecule is COC(=O)c1c(SCC(=O)Nc2cccc(C(C)=O)c2)[nH]c2cc(Cl)ccc2c1=O. The first-order chi connectivity index (χ1) is 14.3. The van der Waals surface area contributed by atoms with Crippen molar-refractivity contribution in [2.75, 3.05) is 18.2 Å². The van der Waals surface area contributed by atoms with Crippen molar-refractivity contribution in [2.24, 2.45) is 0 Å². The minimum Gasteiger partial charge on any atom is -0.465 e. The molecule has 0 saturated heterocycles. The summed E-state index contributed by atoms with van der Waals surface area (Å²) in [5.74, 6) is -1.37. The lowest BCUT2D eigenvalue weighted by Crippen LogP contribution is -2.20. The van der Waals surface area contributed by atoms with Gasteiger partial charge in [-0.05, 0) is 37.3 Å². The number of thioether (sulfide) groups is 1. The van der Waals surface area contributed by atoms with Crippen LogP contribution in [0, 0.1) is 0 Å². The van der Waals surface area contributed by atoms with E-state index in [0.717, 1.165) is 11.8 Å². The minimum atomic E-state index is -0.801. The Morgan fingerprint density at radius 2 is 1.93 bits per heavy atom. The van der Waals surface area contributed by atoms with Crippen molar-refractivity contribution in [3.8, 4) is 0 Å². The van der Waals surface area contributed by atoms with Gasteiger partial charge in [-0.1, -0.05) is 35.5 Å². The molecule has 0 aliphatic carbocycles. The van der Waals surface area contributed by atoms with E-state index in [1.165, 1.54) is 20.1 Å². The number of aromatic amines is 1. The second-order valence-corrected chi connectivity index (χ2v) is 7.74. The molecule has 9 heteroatoms. The highest BCUT2D eigenvalue weighted by Gasteiger charge is 2.21. The summed E-state index contributed by atoms with van der Waals surface area (Å²) in [5.41, 5.74) is 0.703. The highest BCUT2D eigenvalue weighted by molar-refractivity contribution is 8.00. The Hall–Kier alpha value is -3.10. The molecule has 0 spiro atoms. The molecule has 0 aliphatic heterocycles. The van der Waals surface area contributed by atoms with Crippen molar-refractivity contribution in [2.45, 2.75) is 11.9 Å². The number of halogens is 1. The largest absolute Gasteiger partial charge is 0.465 e. The number of Topliss-reactive ketones (excluding diaryl/α,β-unsaturated/α-hetero) is 1. The molecule has 0 bridgehead atoms. The van der Waals surface area contributed by atoms with Crippen LogP contribution in [0.4, 0.5) is 5.69 Å². The van der Waals surface area contributed by atoms with Crippen molar-refractivity contribution in [3.63, 3.8) is 0 Å². The zero-order valence-electron chi connectivity index (χ0n) is 16.1. The number of carbonyl (C=O) groups excluding carboxylic acids is 3. The quantitative estimate of drug-likeness (QED) is 0.339. The van der Waals surface area contributed by atoms with Gasteiger partial charge in [-0.25, -0.2) is 4.79 Å². The van der Waals surface area contributed by atoms with Crippen molar-refractivity contribution in [1.82, 2.24) is 4.98 Å². The van der Waals surface area contributed by atoms with Gasteiger partial charge >= 0.3 is 5.97 Å². The number of pyridine rings is 1. The highest BCUT2D eigenvalue weighted by Crippen LogP contribution is 2.24. The number of nitrogens with one attached hydrogen (secondary N) is 2. The van der Waals surface area contributed by atoms with Gasteiger partial charge in [0.15, 0.2) is 5.78 Å². The van der Waals surface area contributed by atoms with Crippen LogP contribution >= 0.6 is 23.4 Å². The molecule has 7 nitrogen and oxygen atoms in total. The zero-order chi connectivity index (χ0) is 21.8. The predicted molar refractivity (Wildman–Crippen MR) is 117 cm³/mol. The summed E-state index contributed by atoms with van der Waals surface area (Å²) in [5, 5.41) is 3.60. The molecule has 0 saturated carbocycles. The summed E-state index contributed by atoms with van der Waals surface area (Å²) in [6.45, 7) is 1.44. The van der Waals surface area contributed by atoms with Crippen LogP contribution in [0.25, 0.3) is 10.9 Å². The van der Waals surface area contributed by atoms with E-state index in [9.17, 15) is 19.2 Å². The number of H-pyrrole nitrogens is 1. The second-order valence-electron chi connectivity index (χ2n) is 6.31. The Bertz CT molecular complexity index is 1220. The molecule has 3 rings (SSSR count). The maximum Gasteiger partial charge on any atom is 0.344 e. The van der Waals surface area contributed by atoms with Gasteiger partial charge in [-0.15, -0.1) is 0 Å². The van der Waals surface area contributed by atoms with Gasteiger partial charge in [0, 0.05) is 21.7 Å². The van der Waals surface area contributed by atoms with E-state index in [-0.39, 0.29) is 33.4 Å². The molecule has 1 aromatic heterocycles. The van der Waals surface area contributed by atoms with Crippen LogP contribution < -0.4 is 10.7 Å². The topological polar surface area (TPSA) is 105 Å². The lowest BCUT2D eigenvalue weighted by Gasteiger charge is -2.10. The molecule has 1 heterocycles. The van der Waals surface area contributed by atoms with E-state index >= 15 is 0 Å². The van der Waals surface area contributed by atoms with Gasteiger partial charge < -0.3 is 15.0 Å². The summed E-state index contributed by atoms with van der Waals surface area (Å²) in [4.78, 5) is 51.8. The Kier molecular flexibility index (Phi) is 6.59. The van der Waals surface area contributed by atoms with Gasteiger partial charge in [0.05, 0.1) is 23.4 Å². The molecule has 30 heavy (non-hydrogen) atoms. The molecule has 3 aromatic rings. The van der Waals surface area contributed by atoms with Crippen LogP contribution in [0.2, 0.25) is 5.02 Å². The van der Waals surface area contributed by atoms with Crippen LogP contribution in [-0.2, 0) is 9.53 Å². The number of hydrogen-bond donors (Lipinski definition) is 2. The van der Waals surface area contributed by atoms with Crippen LogP contribution in [0.1, 0.15) is 27.6 Å². The summed E-state index contributed by atoms with van der Waals surface area (Å²) >= 11 is 6.98. The molecule has 1 amide bonds. The van der Waals surface area contributed by atoms with Crippen molar-refractivity contribution in [1.29, 1.82) is 0 Å². The van der Waals surface area contributed by atoms with E-state index in [1.54, 1.807) is 36.4 Å². The molecule has 154 valence electrons. The fourth-order valence-corrected chi connectivity index (χ4v) is 3.81. The summed E-state index contributed by atoms with van der Waals surface area (Å²) < 4.78 is 4.74. The van der Waals surface area contributed by atoms with Crippen LogP contribution in [0.3, 0.4) is 0 Å². The first-order valence-electron chi connectivity index (χ1n) is 8.77. The maximum absolute atomic E-state index is 12.8. The van der Waals surface area contributed by atoms with E-state index in [0.29, 0.717) is 21.8 Å². The third-order valence-electron chi connectivity index (χ3n) is 4.22. The van der Waals surface area contributed by atoms with E-state index < -0.39 is 11.4 Å². The third kappa shape index (κ3) is 4.72. The summed E-state index contributed by atoms with van der Waals surface area (Å²) in [7, 11) is 1.18. The molecule has 0 radical (unpaired) electrons. The number of rotatable bonds is 6. The fraction of sp³-hybridized carbons (Fsp3) is 0.143. The molecular formula is C21H17ClN2O5S. The van der Waals surface area contributed by atoms with Crippen LogP contribution in [0.15, 0.2) is 52.3 Å². The number of methoxy groups -OCH3 is 1. The monoisotopic (exact) mass is 444 g/mol. The number of aromatic nitrogens is 1. The van der Waals surface area contributed by atoms with Crippen molar-refractivity contribution >= 4 is 57.6 Å². The molecule has 0 fully saturated rings. The number of esters is 1. The number of fused-ring (bicyclic) bond motifs is 1. The number of ketones is 1. The van der Waals surface area contributed by atoms with Crippen molar-refractivity contribution < 1.29 is 19.1 Å². The van der Waals surface area contributed by atoms with Gasteiger partial charge in [0.2, 0.25) is 11.3 Å². The van der Waals surface area contributed by atoms with Gasteiger partial charge in [0.1, 0.15) is 5.56 Å². The molecule has 2 aromatic carbocycles. The average molecular weight is 445 g/mol. The Labute approximate surface area is 180 Å². The van der Waals surface area contributed by atoms with E-state index in [4.69, 9.17) is 16.3 Å². The van der Waals surface area contributed by atoms with Gasteiger partial charge in [0.25, 0.3) is 0 Å². The van der Waals surface area contributed by atoms with Crippen molar-refractivity contribution in [3.05, 3.63) is 68.8 Å². The standard InChI is InChI=1S/C21H17ClN2O5S/c1-11(25)12-4-3-5-14(8-12)23-17(26)10-30-20-18(21(28)29-2)19(27)15-7-6-13(22)9-16(15)24-20/h3-9H,10H2,1-2H3,(H,23,26)(H,24,27). The molecule has 0 unspecified atom stereocenters. The lowest BCUT2D eigenvalue weighted by molar-refractivity contribution is -0.113. The zero-order valence-corrected chi connectivity index (χ0v) is 17.6. The lowest BCUT2D eigenvalue weighted by atomic mass is 10.1. The normalized spacial score (nSPS) is 10.6. The van der Waals surface area contributed by atoms with Gasteiger partial charge in [-0.3, -0.25) is 14.4 Å². The minimum absolute atomic E-state index is 0.0870. The maximum atomic E-state index is 12.8. The average Bonchev–Trinajstić information content (AvgIpc) is 2.71. The third-order valence-corrected chi connectivity index (χ3v) is 5.46. The number of ether oxygens (including phenoxy) is 1. The summed E-state index contributed by atoms with van der Waals surface area (Å²) in [6.07, 6.45) is 0. The number of hydrogen-bond acceptors (Lipinski definition) is 6. The van der Waals surface area contributed by atoms with Gasteiger partial charge in [-0.2, -0.15) is 0 Å². The summed E-state index contributed by atoms with van der Waals surface area (Å²) in [6, 6.07) is 11.2. The number of amides is 1. The second kappa shape index (κ2) is 9.15. The molecule has 0 atom stereocenters. The van der Waals surface area contributed by atoms with Crippen LogP contribution in [-0.4, -0.2) is 35.5 Å². The molecule has 0 aliphatic rings. The number of benzene rings is 2. The molecular weight excluding hydrogens is 428 g/mol. The van der Waals surface area contributed by atoms with Crippen LogP contribution in [0.5, 0.6) is 0 Å². The Balaban J connectivity index is 1.86. The predicted octanol–water partition coefficient (Wildman–Crippen LogP) is 3.90. The Morgan fingerprint density at radius 1 is 1.17 bits per heavy atom. The van der Waals surface area contributed by atoms with E-state index in [2.05, 4.69) is 10.3 Å². The Morgan fingerprint density at radius 3 is 2.63 bits per heavy atom. The first kappa shape index (κ1) is 21.6. The number of anilines is 1. The van der Waals surface area contributed by atoms with E-state index in [1.807, 2.05) is 0 Å². The number of carbonyl (C=O) groups is 3.